The number of Topliss-reactive ketones (excluding diaryl/α,β-unsaturated/α-hetero) is 1. The van der Waals surface area contributed by atoms with Crippen LogP contribution in [-0.2, 0) is 7.05 Å². The third-order valence-electron chi connectivity index (χ3n) is 2.90. The van der Waals surface area contributed by atoms with Crippen LogP contribution in [0.5, 0.6) is 0 Å². The normalized spacial score (nSPS) is 19.0. The molecule has 1 aliphatic rings. The number of hydrogen-bond acceptors (Lipinski definition) is 3. The number of aryl methyl sites for hydroxylation is 1. The number of aromatic nitrogens is 2. The van der Waals surface area contributed by atoms with Gasteiger partial charge in [0, 0.05) is 19.2 Å². The van der Waals surface area contributed by atoms with Crippen LogP contribution in [-0.4, -0.2) is 28.7 Å². The monoisotopic (exact) mass is 193 g/mol. The molecule has 1 N–H and O–H groups in total. The molecule has 4 heteroatoms. The zero-order valence-corrected chi connectivity index (χ0v) is 8.53. The third kappa shape index (κ3) is 1.57. The van der Waals surface area contributed by atoms with Gasteiger partial charge < -0.3 is 5.32 Å². The quantitative estimate of drug-likeness (QED) is 0.709. The predicted molar refractivity (Wildman–Crippen MR) is 53.1 cm³/mol. The summed E-state index contributed by atoms with van der Waals surface area (Å²) in [5, 5.41) is 7.30. The van der Waals surface area contributed by atoms with E-state index in [0.717, 1.165) is 13.1 Å². The molecule has 0 aliphatic carbocycles. The van der Waals surface area contributed by atoms with Crippen molar-refractivity contribution in [2.24, 2.45) is 18.9 Å². The standard InChI is InChI=1S/C10H15N3O/c1-7(8-5-11-6-8)10(14)9-3-4-13(2)12-9/h3-4,7-8,11H,5-6H2,1-2H3. The summed E-state index contributed by atoms with van der Waals surface area (Å²) in [4.78, 5) is 11.9. The predicted octanol–water partition coefficient (Wildman–Crippen LogP) is 0.458. The minimum absolute atomic E-state index is 0.0890. The molecule has 1 atom stereocenters. The smallest absolute Gasteiger partial charge is 0.186 e. The van der Waals surface area contributed by atoms with E-state index >= 15 is 0 Å². The van der Waals surface area contributed by atoms with E-state index in [-0.39, 0.29) is 11.7 Å². The Balaban J connectivity index is 2.07. The molecule has 1 aromatic rings. The van der Waals surface area contributed by atoms with Gasteiger partial charge in [0.05, 0.1) is 0 Å². The van der Waals surface area contributed by atoms with Gasteiger partial charge in [0.15, 0.2) is 5.78 Å². The number of nitrogens with one attached hydrogen (secondary N) is 1. The van der Waals surface area contributed by atoms with Crippen LogP contribution in [0.25, 0.3) is 0 Å². The topological polar surface area (TPSA) is 46.9 Å². The first-order valence-electron chi connectivity index (χ1n) is 4.93. The molecule has 14 heavy (non-hydrogen) atoms. The molecule has 4 nitrogen and oxygen atoms in total. The Hall–Kier alpha value is -1.16. The van der Waals surface area contributed by atoms with Crippen LogP contribution in [0.15, 0.2) is 12.3 Å². The molecule has 0 amide bonds. The highest BCUT2D eigenvalue weighted by Gasteiger charge is 2.30. The summed E-state index contributed by atoms with van der Waals surface area (Å²) in [6, 6.07) is 1.78. The zero-order chi connectivity index (χ0) is 10.1. The minimum atomic E-state index is 0.0890. The second-order valence-electron chi connectivity index (χ2n) is 3.95. The summed E-state index contributed by atoms with van der Waals surface area (Å²) < 4.78 is 1.67. The fourth-order valence-corrected chi connectivity index (χ4v) is 1.66. The Labute approximate surface area is 83.3 Å². The fourth-order valence-electron chi connectivity index (χ4n) is 1.66. The lowest BCUT2D eigenvalue weighted by Gasteiger charge is -2.31. The molecule has 0 bridgehead atoms. The summed E-state index contributed by atoms with van der Waals surface area (Å²) in [6.45, 7) is 3.90. The van der Waals surface area contributed by atoms with Gasteiger partial charge in [-0.1, -0.05) is 6.92 Å². The number of hydrogen-bond donors (Lipinski definition) is 1. The molecular weight excluding hydrogens is 178 g/mol. The van der Waals surface area contributed by atoms with Gasteiger partial charge in [-0.25, -0.2) is 0 Å². The maximum Gasteiger partial charge on any atom is 0.186 e. The van der Waals surface area contributed by atoms with E-state index in [4.69, 9.17) is 0 Å². The molecule has 0 saturated carbocycles. The number of carbonyl (C=O) groups excluding carboxylic acids is 1. The second-order valence-corrected chi connectivity index (χ2v) is 3.95. The maximum atomic E-state index is 11.9. The van der Waals surface area contributed by atoms with Gasteiger partial charge in [-0.05, 0) is 25.1 Å². The van der Waals surface area contributed by atoms with Crippen LogP contribution in [0.3, 0.4) is 0 Å². The molecule has 0 radical (unpaired) electrons. The van der Waals surface area contributed by atoms with Gasteiger partial charge in [0.2, 0.25) is 0 Å². The minimum Gasteiger partial charge on any atom is -0.316 e. The van der Waals surface area contributed by atoms with Crippen LogP contribution in [0, 0.1) is 11.8 Å². The van der Waals surface area contributed by atoms with Crippen molar-refractivity contribution in [3.05, 3.63) is 18.0 Å². The van der Waals surface area contributed by atoms with Crippen molar-refractivity contribution in [1.29, 1.82) is 0 Å². The molecular formula is C10H15N3O. The van der Waals surface area contributed by atoms with Crippen molar-refractivity contribution in [2.45, 2.75) is 6.92 Å². The van der Waals surface area contributed by atoms with E-state index in [0.29, 0.717) is 11.6 Å². The van der Waals surface area contributed by atoms with Crippen LogP contribution >= 0.6 is 0 Å². The van der Waals surface area contributed by atoms with E-state index < -0.39 is 0 Å². The second kappa shape index (κ2) is 3.53. The zero-order valence-electron chi connectivity index (χ0n) is 8.53. The summed E-state index contributed by atoms with van der Waals surface area (Å²) in [5.41, 5.74) is 0.590. The Morgan fingerprint density at radius 3 is 2.86 bits per heavy atom. The molecule has 1 saturated heterocycles. The van der Waals surface area contributed by atoms with E-state index in [9.17, 15) is 4.79 Å². The van der Waals surface area contributed by atoms with E-state index in [1.807, 2.05) is 14.0 Å². The maximum absolute atomic E-state index is 11.9. The molecule has 1 aliphatic heterocycles. The lowest BCUT2D eigenvalue weighted by molar-refractivity contribution is 0.0848. The van der Waals surface area contributed by atoms with Gasteiger partial charge in [0.1, 0.15) is 5.69 Å². The number of rotatable bonds is 3. The SMILES string of the molecule is CC(C(=O)c1ccn(C)n1)C1CNC1. The Kier molecular flexibility index (Phi) is 2.37. The highest BCUT2D eigenvalue weighted by Crippen LogP contribution is 2.19. The summed E-state index contributed by atoms with van der Waals surface area (Å²) in [6.07, 6.45) is 1.80. The molecule has 1 unspecified atom stereocenters. The fraction of sp³-hybridized carbons (Fsp3) is 0.600. The van der Waals surface area contributed by atoms with Crippen molar-refractivity contribution in [1.82, 2.24) is 15.1 Å². The van der Waals surface area contributed by atoms with Crippen molar-refractivity contribution < 1.29 is 4.79 Å². The van der Waals surface area contributed by atoms with Gasteiger partial charge >= 0.3 is 0 Å². The van der Waals surface area contributed by atoms with Crippen molar-refractivity contribution >= 4 is 5.78 Å². The number of carbonyl (C=O) groups is 1. The largest absolute Gasteiger partial charge is 0.316 e. The van der Waals surface area contributed by atoms with Crippen molar-refractivity contribution in [3.63, 3.8) is 0 Å². The van der Waals surface area contributed by atoms with Crippen LogP contribution in [0.2, 0.25) is 0 Å². The van der Waals surface area contributed by atoms with Gasteiger partial charge in [0.25, 0.3) is 0 Å². The van der Waals surface area contributed by atoms with E-state index in [1.54, 1.807) is 16.9 Å². The Bertz CT molecular complexity index is 341. The first-order chi connectivity index (χ1) is 6.68. The van der Waals surface area contributed by atoms with E-state index in [2.05, 4.69) is 10.4 Å². The molecule has 2 heterocycles. The first kappa shape index (κ1) is 9.40. The lowest BCUT2D eigenvalue weighted by Crippen LogP contribution is -2.47. The summed E-state index contributed by atoms with van der Waals surface area (Å²) in [7, 11) is 1.83. The third-order valence-corrected chi connectivity index (χ3v) is 2.90. The Morgan fingerprint density at radius 2 is 2.43 bits per heavy atom. The van der Waals surface area contributed by atoms with Crippen LogP contribution < -0.4 is 5.32 Å². The highest BCUT2D eigenvalue weighted by molar-refractivity contribution is 5.96. The van der Waals surface area contributed by atoms with Crippen LogP contribution in [0.1, 0.15) is 17.4 Å². The average molecular weight is 193 g/mol. The summed E-state index contributed by atoms with van der Waals surface area (Å²) >= 11 is 0. The Morgan fingerprint density at radius 1 is 1.71 bits per heavy atom. The number of nitrogens with zero attached hydrogens (tertiary/aromatic N) is 2. The van der Waals surface area contributed by atoms with Crippen molar-refractivity contribution in [3.8, 4) is 0 Å². The van der Waals surface area contributed by atoms with Crippen molar-refractivity contribution in [2.75, 3.05) is 13.1 Å². The summed E-state index contributed by atoms with van der Waals surface area (Å²) in [5.74, 6) is 0.743. The number of ketones is 1. The molecule has 1 aromatic heterocycles. The molecule has 1 fully saturated rings. The molecule has 2 rings (SSSR count). The van der Waals surface area contributed by atoms with Crippen LogP contribution in [0.4, 0.5) is 0 Å². The van der Waals surface area contributed by atoms with E-state index in [1.165, 1.54) is 0 Å². The van der Waals surface area contributed by atoms with Gasteiger partial charge in [-0.15, -0.1) is 0 Å². The highest BCUT2D eigenvalue weighted by atomic mass is 16.1. The molecule has 0 spiro atoms. The van der Waals surface area contributed by atoms with Gasteiger partial charge in [-0.2, -0.15) is 5.10 Å². The first-order valence-corrected chi connectivity index (χ1v) is 4.93. The lowest BCUT2D eigenvalue weighted by atomic mass is 9.85. The van der Waals surface area contributed by atoms with Gasteiger partial charge in [-0.3, -0.25) is 9.48 Å². The molecule has 76 valence electrons. The average Bonchev–Trinajstić information content (AvgIpc) is 2.47. The molecule has 0 aromatic carbocycles.